The molecule has 1 rings (SSSR count). The molecule has 1 amide bonds. The van der Waals surface area contributed by atoms with Gasteiger partial charge in [0.05, 0.1) is 13.1 Å². The topological polar surface area (TPSA) is 123 Å². The number of aliphatic imine (C=N–C) groups is 2. The zero-order chi connectivity index (χ0) is 20.6. The van der Waals surface area contributed by atoms with Gasteiger partial charge in [-0.25, -0.2) is 24.2 Å². The zero-order valence-electron chi connectivity index (χ0n) is 15.3. The standard InChI is InChI=1S/C19H21N3O6/c1-2-15-6-8-16(9-7-15)28-19(26)21-11-12-27-18(25)17(22-14-24)5-3-4-10-20-13-23/h2,6-9,17H,1,3-5,10-12H2,(H,21,26). The maximum Gasteiger partial charge on any atom is 0.412 e. The van der Waals surface area contributed by atoms with Gasteiger partial charge in [0, 0.05) is 0 Å². The van der Waals surface area contributed by atoms with Crippen molar-refractivity contribution in [1.82, 2.24) is 5.32 Å². The molecule has 1 N–H and O–H groups in total. The number of isocyanates is 2. The second-order valence-corrected chi connectivity index (χ2v) is 5.46. The van der Waals surface area contributed by atoms with Crippen molar-refractivity contribution in [3.05, 3.63) is 36.4 Å². The number of esters is 1. The minimum atomic E-state index is -0.979. The molecule has 0 heterocycles. The van der Waals surface area contributed by atoms with Crippen LogP contribution >= 0.6 is 0 Å². The maximum absolute atomic E-state index is 11.9. The van der Waals surface area contributed by atoms with Gasteiger partial charge in [-0.05, 0) is 37.0 Å². The normalized spacial score (nSPS) is 10.6. The van der Waals surface area contributed by atoms with Crippen LogP contribution in [0.1, 0.15) is 24.8 Å². The fourth-order valence-electron chi connectivity index (χ4n) is 2.09. The smallest absolute Gasteiger partial charge is 0.412 e. The van der Waals surface area contributed by atoms with Crippen molar-refractivity contribution in [3.63, 3.8) is 0 Å². The van der Waals surface area contributed by atoms with Gasteiger partial charge in [0.15, 0.2) is 6.04 Å². The fourth-order valence-corrected chi connectivity index (χ4v) is 2.09. The summed E-state index contributed by atoms with van der Waals surface area (Å²) in [6.07, 6.45) is 5.06. The van der Waals surface area contributed by atoms with Crippen LogP contribution in [0.25, 0.3) is 6.08 Å². The first-order valence-corrected chi connectivity index (χ1v) is 8.56. The lowest BCUT2D eigenvalue weighted by Gasteiger charge is -2.11. The summed E-state index contributed by atoms with van der Waals surface area (Å²) >= 11 is 0. The number of rotatable bonds is 12. The summed E-state index contributed by atoms with van der Waals surface area (Å²) in [7, 11) is 0. The Balaban J connectivity index is 2.29. The molecule has 0 radical (unpaired) electrons. The third kappa shape index (κ3) is 9.24. The lowest BCUT2D eigenvalue weighted by molar-refractivity contribution is -0.145. The largest absolute Gasteiger partial charge is 0.462 e. The molecule has 1 atom stereocenters. The first-order chi connectivity index (χ1) is 13.6. The van der Waals surface area contributed by atoms with E-state index in [1.807, 2.05) is 0 Å². The highest BCUT2D eigenvalue weighted by molar-refractivity contribution is 5.77. The van der Waals surface area contributed by atoms with Gasteiger partial charge in [-0.2, -0.15) is 4.99 Å². The minimum Gasteiger partial charge on any atom is -0.462 e. The monoisotopic (exact) mass is 387 g/mol. The van der Waals surface area contributed by atoms with E-state index in [2.05, 4.69) is 21.9 Å². The van der Waals surface area contributed by atoms with Gasteiger partial charge in [0.25, 0.3) is 0 Å². The van der Waals surface area contributed by atoms with Crippen molar-refractivity contribution < 1.29 is 28.7 Å². The predicted octanol–water partition coefficient (Wildman–Crippen LogP) is 2.17. The van der Waals surface area contributed by atoms with Gasteiger partial charge in [0.2, 0.25) is 12.2 Å². The van der Waals surface area contributed by atoms with Gasteiger partial charge < -0.3 is 14.8 Å². The average molecular weight is 387 g/mol. The van der Waals surface area contributed by atoms with E-state index in [-0.39, 0.29) is 19.6 Å². The molecule has 0 saturated carbocycles. The number of benzene rings is 1. The molecule has 1 aromatic carbocycles. The Morgan fingerprint density at radius 2 is 1.93 bits per heavy atom. The van der Waals surface area contributed by atoms with E-state index in [1.165, 1.54) is 12.2 Å². The molecule has 0 saturated heterocycles. The fraction of sp³-hybridized carbons (Fsp3) is 0.368. The van der Waals surface area contributed by atoms with Crippen molar-refractivity contribution in [1.29, 1.82) is 0 Å². The molecular weight excluding hydrogens is 366 g/mol. The molecule has 0 aromatic heterocycles. The van der Waals surface area contributed by atoms with Crippen LogP contribution in [0.2, 0.25) is 0 Å². The van der Waals surface area contributed by atoms with Crippen molar-refractivity contribution in [2.75, 3.05) is 19.7 Å². The summed E-state index contributed by atoms with van der Waals surface area (Å²) in [5.41, 5.74) is 0.892. The number of ether oxygens (including phenoxy) is 2. The molecule has 0 spiro atoms. The molecule has 0 aliphatic heterocycles. The quantitative estimate of drug-likeness (QED) is 0.254. The van der Waals surface area contributed by atoms with Crippen molar-refractivity contribution in [2.45, 2.75) is 25.3 Å². The van der Waals surface area contributed by atoms with Gasteiger partial charge in [-0.15, -0.1) is 0 Å². The maximum atomic E-state index is 11.9. The van der Waals surface area contributed by atoms with Gasteiger partial charge in [-0.1, -0.05) is 24.8 Å². The third-order valence-corrected chi connectivity index (χ3v) is 3.48. The van der Waals surface area contributed by atoms with E-state index >= 15 is 0 Å². The number of hydrogen-bond donors (Lipinski definition) is 1. The Kier molecular flexibility index (Phi) is 11.0. The Hall–Kier alpha value is -3.54. The number of carbonyl (C=O) groups excluding carboxylic acids is 4. The molecule has 0 bridgehead atoms. The zero-order valence-corrected chi connectivity index (χ0v) is 15.3. The molecule has 1 unspecified atom stereocenters. The Morgan fingerprint density at radius 3 is 2.57 bits per heavy atom. The molecular formula is C19H21N3O6. The molecule has 0 aliphatic rings. The van der Waals surface area contributed by atoms with E-state index in [4.69, 9.17) is 9.47 Å². The SMILES string of the molecule is C=Cc1ccc(OC(=O)NCCOC(=O)C(CCCCN=C=O)N=C=O)cc1. The molecule has 9 nitrogen and oxygen atoms in total. The number of unbranched alkanes of at least 4 members (excludes halogenated alkanes) is 1. The minimum absolute atomic E-state index is 0.0287. The second kappa shape index (κ2) is 13.6. The van der Waals surface area contributed by atoms with Crippen LogP contribution in [0.15, 0.2) is 40.8 Å². The number of amides is 1. The first kappa shape index (κ1) is 22.5. The Morgan fingerprint density at radius 1 is 1.18 bits per heavy atom. The van der Waals surface area contributed by atoms with Gasteiger partial charge >= 0.3 is 12.1 Å². The van der Waals surface area contributed by atoms with E-state index in [1.54, 1.807) is 30.3 Å². The van der Waals surface area contributed by atoms with Crippen LogP contribution in [0.5, 0.6) is 5.75 Å². The van der Waals surface area contributed by atoms with Crippen LogP contribution in [0.3, 0.4) is 0 Å². The van der Waals surface area contributed by atoms with Crippen LogP contribution in [0, 0.1) is 0 Å². The summed E-state index contributed by atoms with van der Waals surface area (Å²) in [6.45, 7) is 3.84. The van der Waals surface area contributed by atoms with E-state index in [0.29, 0.717) is 25.1 Å². The molecule has 0 aliphatic carbocycles. The summed E-state index contributed by atoms with van der Waals surface area (Å²) in [5, 5.41) is 2.44. The summed E-state index contributed by atoms with van der Waals surface area (Å²) in [5.74, 6) is -0.336. The van der Waals surface area contributed by atoms with Crippen LogP contribution < -0.4 is 10.1 Å². The van der Waals surface area contributed by atoms with Crippen LogP contribution in [-0.2, 0) is 19.1 Å². The number of carbonyl (C=O) groups is 2. The molecule has 28 heavy (non-hydrogen) atoms. The van der Waals surface area contributed by atoms with Crippen LogP contribution in [-0.4, -0.2) is 50.0 Å². The van der Waals surface area contributed by atoms with E-state index < -0.39 is 18.1 Å². The highest BCUT2D eigenvalue weighted by Crippen LogP contribution is 2.12. The Bertz CT molecular complexity index is 749. The molecule has 1 aromatic rings. The second-order valence-electron chi connectivity index (χ2n) is 5.46. The van der Waals surface area contributed by atoms with E-state index in [0.717, 1.165) is 5.56 Å². The number of nitrogens with zero attached hydrogens (tertiary/aromatic N) is 2. The summed E-state index contributed by atoms with van der Waals surface area (Å²) < 4.78 is 10.0. The lowest BCUT2D eigenvalue weighted by atomic mass is 10.1. The lowest BCUT2D eigenvalue weighted by Crippen LogP contribution is -2.32. The van der Waals surface area contributed by atoms with Crippen molar-refractivity contribution >= 4 is 30.3 Å². The van der Waals surface area contributed by atoms with Crippen LogP contribution in [0.4, 0.5) is 4.79 Å². The Labute approximate surface area is 162 Å². The first-order valence-electron chi connectivity index (χ1n) is 8.56. The summed E-state index contributed by atoms with van der Waals surface area (Å²) in [4.78, 5) is 50.8. The highest BCUT2D eigenvalue weighted by Gasteiger charge is 2.18. The van der Waals surface area contributed by atoms with Gasteiger partial charge in [0.1, 0.15) is 12.4 Å². The van der Waals surface area contributed by atoms with Crippen molar-refractivity contribution in [2.24, 2.45) is 9.98 Å². The van der Waals surface area contributed by atoms with E-state index in [9.17, 15) is 19.2 Å². The number of hydrogen-bond acceptors (Lipinski definition) is 8. The molecule has 0 fully saturated rings. The molecule has 148 valence electrons. The summed E-state index contributed by atoms with van der Waals surface area (Å²) in [6, 6.07) is 5.76. The average Bonchev–Trinajstić information content (AvgIpc) is 2.70. The molecule has 9 heteroatoms. The highest BCUT2D eigenvalue weighted by atomic mass is 16.6. The number of nitrogens with one attached hydrogen (secondary N) is 1. The predicted molar refractivity (Wildman–Crippen MR) is 100 cm³/mol. The van der Waals surface area contributed by atoms with Crippen molar-refractivity contribution in [3.8, 4) is 5.75 Å². The third-order valence-electron chi connectivity index (χ3n) is 3.48. The van der Waals surface area contributed by atoms with Gasteiger partial charge in [-0.3, -0.25) is 0 Å².